The summed E-state index contributed by atoms with van der Waals surface area (Å²) in [5.41, 5.74) is 3.07. The van der Waals surface area contributed by atoms with Crippen molar-refractivity contribution < 1.29 is 14.3 Å². The molecular weight excluding hydrogens is 368 g/mol. The lowest BCUT2D eigenvalue weighted by molar-refractivity contribution is -0.148. The van der Waals surface area contributed by atoms with Gasteiger partial charge in [-0.3, -0.25) is 14.3 Å². The van der Waals surface area contributed by atoms with E-state index in [4.69, 9.17) is 4.74 Å². The first-order valence-corrected chi connectivity index (χ1v) is 10.1. The maximum atomic E-state index is 13.2. The number of esters is 1. The molecule has 1 saturated heterocycles. The van der Waals surface area contributed by atoms with Gasteiger partial charge in [0.15, 0.2) is 0 Å². The molecule has 1 aromatic carbocycles. The number of carbonyl (C=O) groups excluding carboxylic acids is 2. The standard InChI is InChI=1S/C22H30N4O3/c1-14(2)29-21(27)9-20(16-7-5-15(3)6-8-16)25-22(28)19-12-23-11-18(19)17-10-24-26(4)13-17/h5-8,10,13-14,18-20,23H,9,11-12H2,1-4H3,(H,25,28)/t18-,19+,20?/m1/s1. The molecule has 0 saturated carbocycles. The smallest absolute Gasteiger partial charge is 0.308 e. The van der Waals surface area contributed by atoms with Crippen LogP contribution in [0.1, 0.15) is 48.9 Å². The molecule has 1 aliphatic rings. The molecule has 1 unspecified atom stereocenters. The lowest BCUT2D eigenvalue weighted by Crippen LogP contribution is -2.38. The Morgan fingerprint density at radius 1 is 1.28 bits per heavy atom. The van der Waals surface area contributed by atoms with Crippen molar-refractivity contribution in [1.82, 2.24) is 20.4 Å². The number of nitrogens with one attached hydrogen (secondary N) is 2. The molecule has 7 nitrogen and oxygen atoms in total. The second kappa shape index (κ2) is 9.22. The van der Waals surface area contributed by atoms with Gasteiger partial charge in [-0.15, -0.1) is 0 Å². The SMILES string of the molecule is Cc1ccc(C(CC(=O)OC(C)C)NC(=O)[C@H]2CNC[C@@H]2c2cnn(C)c2)cc1. The number of hydrogen-bond acceptors (Lipinski definition) is 5. The van der Waals surface area contributed by atoms with Crippen molar-refractivity contribution in [3.05, 3.63) is 53.3 Å². The van der Waals surface area contributed by atoms with Gasteiger partial charge in [0, 0.05) is 32.3 Å². The van der Waals surface area contributed by atoms with Gasteiger partial charge in [0.2, 0.25) is 5.91 Å². The summed E-state index contributed by atoms with van der Waals surface area (Å²) in [5, 5.41) is 10.6. The number of ether oxygens (including phenoxy) is 1. The minimum Gasteiger partial charge on any atom is -0.463 e. The molecule has 1 aliphatic heterocycles. The van der Waals surface area contributed by atoms with Gasteiger partial charge in [0.1, 0.15) is 0 Å². The molecule has 2 aromatic rings. The normalized spacial score (nSPS) is 19.9. The first-order valence-electron chi connectivity index (χ1n) is 10.1. The Bertz CT molecular complexity index is 844. The first kappa shape index (κ1) is 21.0. The zero-order valence-electron chi connectivity index (χ0n) is 17.5. The van der Waals surface area contributed by atoms with Crippen molar-refractivity contribution in [2.45, 2.75) is 45.3 Å². The van der Waals surface area contributed by atoms with Gasteiger partial charge in [-0.05, 0) is 31.9 Å². The van der Waals surface area contributed by atoms with Gasteiger partial charge in [0.25, 0.3) is 0 Å². The number of benzene rings is 1. The van der Waals surface area contributed by atoms with Gasteiger partial charge in [-0.2, -0.15) is 5.10 Å². The molecule has 3 atom stereocenters. The molecule has 29 heavy (non-hydrogen) atoms. The van der Waals surface area contributed by atoms with Crippen molar-refractivity contribution in [1.29, 1.82) is 0 Å². The van der Waals surface area contributed by atoms with E-state index in [1.165, 1.54) is 0 Å². The summed E-state index contributed by atoms with van der Waals surface area (Å²) in [7, 11) is 1.87. The van der Waals surface area contributed by atoms with E-state index in [-0.39, 0.29) is 36.2 Å². The molecule has 0 aliphatic carbocycles. The third kappa shape index (κ3) is 5.44. The molecule has 7 heteroatoms. The molecular formula is C22H30N4O3. The first-order chi connectivity index (χ1) is 13.8. The summed E-state index contributed by atoms with van der Waals surface area (Å²) in [6, 6.07) is 7.45. The van der Waals surface area contributed by atoms with Crippen molar-refractivity contribution >= 4 is 11.9 Å². The number of amides is 1. The number of carbonyl (C=O) groups is 2. The number of nitrogens with zero attached hydrogens (tertiary/aromatic N) is 2. The quantitative estimate of drug-likeness (QED) is 0.699. The van der Waals surface area contributed by atoms with Crippen molar-refractivity contribution in [2.24, 2.45) is 13.0 Å². The van der Waals surface area contributed by atoms with Crippen molar-refractivity contribution in [3.8, 4) is 0 Å². The maximum absolute atomic E-state index is 13.2. The topological polar surface area (TPSA) is 85.2 Å². The fraction of sp³-hybridized carbons (Fsp3) is 0.500. The van der Waals surface area contributed by atoms with E-state index in [1.807, 2.05) is 64.5 Å². The molecule has 1 aromatic heterocycles. The summed E-state index contributed by atoms with van der Waals surface area (Å²) in [6.45, 7) is 6.98. The van der Waals surface area contributed by atoms with Crippen molar-refractivity contribution in [3.63, 3.8) is 0 Å². The van der Waals surface area contributed by atoms with Gasteiger partial charge < -0.3 is 15.4 Å². The highest BCUT2D eigenvalue weighted by atomic mass is 16.5. The van der Waals surface area contributed by atoms with Crippen LogP contribution in [0.15, 0.2) is 36.7 Å². The summed E-state index contributed by atoms with van der Waals surface area (Å²) in [6.07, 6.45) is 3.68. The summed E-state index contributed by atoms with van der Waals surface area (Å²) in [5.74, 6) is -0.538. The minimum atomic E-state index is -0.426. The number of aryl methyl sites for hydroxylation is 2. The monoisotopic (exact) mass is 398 g/mol. The number of rotatable bonds is 7. The van der Waals surface area contributed by atoms with E-state index >= 15 is 0 Å². The molecule has 1 fully saturated rings. The van der Waals surface area contributed by atoms with E-state index in [1.54, 1.807) is 4.68 Å². The van der Waals surface area contributed by atoms with E-state index in [9.17, 15) is 9.59 Å². The Morgan fingerprint density at radius 2 is 2.00 bits per heavy atom. The lowest BCUT2D eigenvalue weighted by Gasteiger charge is -2.23. The Morgan fingerprint density at radius 3 is 2.62 bits per heavy atom. The average molecular weight is 399 g/mol. The van der Waals surface area contributed by atoms with E-state index < -0.39 is 6.04 Å². The molecule has 0 spiro atoms. The molecule has 0 bridgehead atoms. The van der Waals surface area contributed by atoms with E-state index in [0.29, 0.717) is 6.54 Å². The van der Waals surface area contributed by atoms with Crippen LogP contribution in [-0.4, -0.2) is 40.9 Å². The fourth-order valence-electron chi connectivity index (χ4n) is 3.74. The number of hydrogen-bond donors (Lipinski definition) is 2. The van der Waals surface area contributed by atoms with Gasteiger partial charge in [0.05, 0.1) is 30.7 Å². The average Bonchev–Trinajstić information content (AvgIpc) is 3.29. The Labute approximate surface area is 171 Å². The molecule has 2 heterocycles. The van der Waals surface area contributed by atoms with Crippen LogP contribution in [0.2, 0.25) is 0 Å². The third-order valence-corrected chi connectivity index (χ3v) is 5.24. The van der Waals surface area contributed by atoms with E-state index in [0.717, 1.165) is 23.2 Å². The highest BCUT2D eigenvalue weighted by molar-refractivity contribution is 5.82. The Hall–Kier alpha value is -2.67. The minimum absolute atomic E-state index is 0.0602. The predicted octanol–water partition coefficient (Wildman–Crippen LogP) is 2.23. The van der Waals surface area contributed by atoms with Crippen LogP contribution >= 0.6 is 0 Å². The van der Waals surface area contributed by atoms with Gasteiger partial charge >= 0.3 is 5.97 Å². The highest BCUT2D eigenvalue weighted by Gasteiger charge is 2.36. The molecule has 0 radical (unpaired) electrons. The number of aromatic nitrogens is 2. The largest absolute Gasteiger partial charge is 0.463 e. The molecule has 1 amide bonds. The second-order valence-electron chi connectivity index (χ2n) is 8.03. The summed E-state index contributed by atoms with van der Waals surface area (Å²) in [4.78, 5) is 25.5. The summed E-state index contributed by atoms with van der Waals surface area (Å²) < 4.78 is 7.06. The fourth-order valence-corrected chi connectivity index (χ4v) is 3.74. The van der Waals surface area contributed by atoms with Gasteiger partial charge in [-0.1, -0.05) is 29.8 Å². The van der Waals surface area contributed by atoms with E-state index in [2.05, 4.69) is 15.7 Å². The molecule has 3 rings (SSSR count). The van der Waals surface area contributed by atoms with Crippen LogP contribution in [-0.2, 0) is 21.4 Å². The maximum Gasteiger partial charge on any atom is 0.308 e. The van der Waals surface area contributed by atoms with Crippen LogP contribution in [0, 0.1) is 12.8 Å². The van der Waals surface area contributed by atoms with Crippen molar-refractivity contribution in [2.75, 3.05) is 13.1 Å². The lowest BCUT2D eigenvalue weighted by atomic mass is 9.89. The zero-order chi connectivity index (χ0) is 21.0. The van der Waals surface area contributed by atoms with Crippen LogP contribution < -0.4 is 10.6 Å². The van der Waals surface area contributed by atoms with Gasteiger partial charge in [-0.25, -0.2) is 0 Å². The zero-order valence-corrected chi connectivity index (χ0v) is 17.5. The Balaban J connectivity index is 1.76. The Kier molecular flexibility index (Phi) is 6.69. The second-order valence-corrected chi connectivity index (χ2v) is 8.03. The molecule has 156 valence electrons. The van der Waals surface area contributed by atoms with Crippen LogP contribution in [0.3, 0.4) is 0 Å². The van der Waals surface area contributed by atoms with Crippen LogP contribution in [0.4, 0.5) is 0 Å². The summed E-state index contributed by atoms with van der Waals surface area (Å²) >= 11 is 0. The third-order valence-electron chi connectivity index (χ3n) is 5.24. The van der Waals surface area contributed by atoms with Crippen LogP contribution in [0.25, 0.3) is 0 Å². The molecule has 2 N–H and O–H groups in total. The van der Waals surface area contributed by atoms with Crippen LogP contribution in [0.5, 0.6) is 0 Å². The highest BCUT2D eigenvalue weighted by Crippen LogP contribution is 2.29. The predicted molar refractivity (Wildman–Crippen MR) is 110 cm³/mol.